The van der Waals surface area contributed by atoms with Gasteiger partial charge in [0, 0.05) is 5.56 Å². The first-order chi connectivity index (χ1) is 13.6. The number of para-hydroxylation sites is 1. The Morgan fingerprint density at radius 1 is 1.07 bits per heavy atom. The molecule has 2 aromatic rings. The number of furan rings is 1. The van der Waals surface area contributed by atoms with Gasteiger partial charge in [0.05, 0.1) is 24.3 Å². The molecule has 1 aromatic heterocycles. The summed E-state index contributed by atoms with van der Waals surface area (Å²) in [6, 6.07) is 9.84. The summed E-state index contributed by atoms with van der Waals surface area (Å²) < 4.78 is 10.4. The maximum atomic E-state index is 12.7. The Morgan fingerprint density at radius 3 is 2.46 bits per heavy atom. The van der Waals surface area contributed by atoms with Gasteiger partial charge in [0.25, 0.3) is 11.8 Å². The third kappa shape index (κ3) is 2.51. The monoisotopic (exact) mass is 376 g/mol. The molecule has 3 aliphatic rings. The van der Waals surface area contributed by atoms with Crippen molar-refractivity contribution in [3.63, 3.8) is 0 Å². The zero-order valence-corrected chi connectivity index (χ0v) is 14.7. The number of amides is 2. The summed E-state index contributed by atoms with van der Waals surface area (Å²) in [5.41, 5.74) is 0.473. The van der Waals surface area contributed by atoms with E-state index in [1.807, 2.05) is 12.2 Å². The highest BCUT2D eigenvalue weighted by Gasteiger charge is 2.59. The molecule has 4 atom stereocenters. The van der Waals surface area contributed by atoms with Gasteiger partial charge in [0.2, 0.25) is 5.76 Å². The average molecular weight is 376 g/mol. The summed E-state index contributed by atoms with van der Waals surface area (Å²) in [4.78, 5) is 37.5. The lowest BCUT2D eigenvalue weighted by atomic mass is 9.85. The standard InChI is InChI=1S/C21H16N2O5/c24-19-17-12-7-8-13(10-12)18(17)20(25)23(19)22-11-14-4-1-2-5-15(14)28-21(26)16-6-3-9-27-16/h1-9,11-13,17-18H,10H2. The van der Waals surface area contributed by atoms with Crippen molar-refractivity contribution < 1.29 is 23.5 Å². The quantitative estimate of drug-likeness (QED) is 0.269. The maximum Gasteiger partial charge on any atom is 0.379 e. The second-order valence-electron chi connectivity index (χ2n) is 7.14. The number of rotatable bonds is 4. The molecule has 1 saturated carbocycles. The second-order valence-corrected chi connectivity index (χ2v) is 7.14. The van der Waals surface area contributed by atoms with Gasteiger partial charge in [0.1, 0.15) is 5.75 Å². The first-order valence-corrected chi connectivity index (χ1v) is 9.08. The lowest BCUT2D eigenvalue weighted by Crippen LogP contribution is -2.28. The van der Waals surface area contributed by atoms with Crippen molar-refractivity contribution in [3.05, 3.63) is 66.1 Å². The lowest BCUT2D eigenvalue weighted by Gasteiger charge is -2.13. The largest absolute Gasteiger partial charge is 0.457 e. The van der Waals surface area contributed by atoms with Gasteiger partial charge in [-0.3, -0.25) is 9.59 Å². The van der Waals surface area contributed by atoms with Crippen LogP contribution >= 0.6 is 0 Å². The molecule has 2 bridgehead atoms. The molecule has 1 aliphatic heterocycles. The molecule has 2 fully saturated rings. The molecule has 2 amide bonds. The molecule has 2 aliphatic carbocycles. The highest BCUT2D eigenvalue weighted by Crippen LogP contribution is 2.52. The van der Waals surface area contributed by atoms with Crippen LogP contribution in [0.2, 0.25) is 0 Å². The minimum atomic E-state index is -0.642. The highest BCUT2D eigenvalue weighted by molar-refractivity contribution is 6.07. The Kier molecular flexibility index (Phi) is 3.75. The van der Waals surface area contributed by atoms with Crippen molar-refractivity contribution in [2.75, 3.05) is 0 Å². The number of imide groups is 1. The van der Waals surface area contributed by atoms with E-state index < -0.39 is 5.97 Å². The molecule has 0 spiro atoms. The molecule has 28 heavy (non-hydrogen) atoms. The number of benzene rings is 1. The van der Waals surface area contributed by atoms with Crippen molar-refractivity contribution in [1.82, 2.24) is 5.01 Å². The zero-order chi connectivity index (χ0) is 19.3. The predicted octanol–water partition coefficient (Wildman–Crippen LogP) is 2.64. The van der Waals surface area contributed by atoms with E-state index in [-0.39, 0.29) is 47.0 Å². The number of allylic oxidation sites excluding steroid dienone is 2. The number of hydrogen-bond acceptors (Lipinski definition) is 6. The Morgan fingerprint density at radius 2 is 1.79 bits per heavy atom. The van der Waals surface area contributed by atoms with Crippen LogP contribution in [0.4, 0.5) is 0 Å². The van der Waals surface area contributed by atoms with E-state index >= 15 is 0 Å². The third-order valence-corrected chi connectivity index (χ3v) is 5.60. The van der Waals surface area contributed by atoms with Crippen LogP contribution in [0.15, 0.2) is 64.3 Å². The Bertz CT molecular complexity index is 993. The first-order valence-electron chi connectivity index (χ1n) is 9.08. The van der Waals surface area contributed by atoms with E-state index in [4.69, 9.17) is 9.15 Å². The molecule has 7 heteroatoms. The predicted molar refractivity (Wildman–Crippen MR) is 97.3 cm³/mol. The summed E-state index contributed by atoms with van der Waals surface area (Å²) in [5.74, 6) is -1.15. The summed E-state index contributed by atoms with van der Waals surface area (Å²) in [7, 11) is 0. The van der Waals surface area contributed by atoms with E-state index in [9.17, 15) is 14.4 Å². The smallest absolute Gasteiger partial charge is 0.379 e. The van der Waals surface area contributed by atoms with Gasteiger partial charge in [-0.05, 0) is 42.5 Å². The van der Waals surface area contributed by atoms with E-state index in [0.29, 0.717) is 5.56 Å². The van der Waals surface area contributed by atoms with Crippen molar-refractivity contribution in [1.29, 1.82) is 0 Å². The maximum absolute atomic E-state index is 12.7. The zero-order valence-electron chi connectivity index (χ0n) is 14.7. The Labute approximate surface area is 160 Å². The SMILES string of the molecule is O=C(Oc1ccccc1C=NN1C(=O)C2C3C=CC(C3)C2C1=O)c1ccco1. The molecule has 7 nitrogen and oxygen atoms in total. The number of esters is 1. The minimum Gasteiger partial charge on any atom is -0.457 e. The summed E-state index contributed by atoms with van der Waals surface area (Å²) >= 11 is 0. The average Bonchev–Trinajstić information content (AvgIpc) is 3.47. The molecule has 5 rings (SSSR count). The molecule has 1 aromatic carbocycles. The fourth-order valence-corrected chi connectivity index (χ4v) is 4.35. The minimum absolute atomic E-state index is 0.0763. The molecular weight excluding hydrogens is 360 g/mol. The van der Waals surface area contributed by atoms with Crippen molar-refractivity contribution >= 4 is 24.0 Å². The van der Waals surface area contributed by atoms with Crippen molar-refractivity contribution in [2.45, 2.75) is 6.42 Å². The van der Waals surface area contributed by atoms with E-state index in [0.717, 1.165) is 11.4 Å². The fraction of sp³-hybridized carbons (Fsp3) is 0.238. The summed E-state index contributed by atoms with van der Waals surface area (Å²) in [5, 5.41) is 5.10. The van der Waals surface area contributed by atoms with Gasteiger partial charge in [-0.25, -0.2) is 4.79 Å². The molecule has 0 radical (unpaired) electrons. The van der Waals surface area contributed by atoms with Crippen LogP contribution in [0.1, 0.15) is 22.5 Å². The number of carbonyl (C=O) groups is 3. The number of nitrogens with zero attached hydrogens (tertiary/aromatic N) is 2. The van der Waals surface area contributed by atoms with Gasteiger partial charge in [-0.15, -0.1) is 0 Å². The van der Waals surface area contributed by atoms with E-state index in [1.165, 1.54) is 18.5 Å². The van der Waals surface area contributed by atoms with Crippen LogP contribution in [0.3, 0.4) is 0 Å². The van der Waals surface area contributed by atoms with Crippen molar-refractivity contribution in [3.8, 4) is 5.75 Å². The molecule has 140 valence electrons. The lowest BCUT2D eigenvalue weighted by molar-refractivity contribution is -0.140. The van der Waals surface area contributed by atoms with Crippen LogP contribution < -0.4 is 4.74 Å². The van der Waals surface area contributed by atoms with E-state index in [2.05, 4.69) is 5.10 Å². The number of ether oxygens (including phenoxy) is 1. The normalized spacial score (nSPS) is 27.8. The van der Waals surface area contributed by atoms with E-state index in [1.54, 1.807) is 30.3 Å². The number of hydrazone groups is 1. The van der Waals surface area contributed by atoms with Crippen LogP contribution in [0.25, 0.3) is 0 Å². The van der Waals surface area contributed by atoms with Crippen LogP contribution in [0, 0.1) is 23.7 Å². The first kappa shape index (κ1) is 16.7. The topological polar surface area (TPSA) is 89.2 Å². The summed E-state index contributed by atoms with van der Waals surface area (Å²) in [6.45, 7) is 0. The number of hydrogen-bond donors (Lipinski definition) is 0. The van der Waals surface area contributed by atoms with Crippen LogP contribution in [-0.2, 0) is 9.59 Å². The fourth-order valence-electron chi connectivity index (χ4n) is 4.35. The molecule has 2 heterocycles. The Balaban J connectivity index is 1.37. The molecule has 4 unspecified atom stereocenters. The Hall–Kier alpha value is -3.48. The van der Waals surface area contributed by atoms with Crippen molar-refractivity contribution in [2.24, 2.45) is 28.8 Å². The highest BCUT2D eigenvalue weighted by atomic mass is 16.5. The van der Waals surface area contributed by atoms with Gasteiger partial charge in [0.15, 0.2) is 0 Å². The van der Waals surface area contributed by atoms with Gasteiger partial charge in [-0.1, -0.05) is 24.3 Å². The number of fused-ring (bicyclic) bond motifs is 5. The molecule has 0 N–H and O–H groups in total. The van der Waals surface area contributed by atoms with Gasteiger partial charge in [-0.2, -0.15) is 10.1 Å². The van der Waals surface area contributed by atoms with Crippen LogP contribution in [-0.4, -0.2) is 29.0 Å². The molecule has 1 saturated heterocycles. The number of carbonyl (C=O) groups excluding carboxylic acids is 3. The van der Waals surface area contributed by atoms with Gasteiger partial charge >= 0.3 is 5.97 Å². The van der Waals surface area contributed by atoms with Gasteiger partial charge < -0.3 is 9.15 Å². The molecular formula is C21H16N2O5. The third-order valence-electron chi connectivity index (χ3n) is 5.60. The summed E-state index contributed by atoms with van der Waals surface area (Å²) in [6.07, 6.45) is 7.70. The van der Waals surface area contributed by atoms with Crippen LogP contribution in [0.5, 0.6) is 5.75 Å². The second kappa shape index (κ2) is 6.30.